The van der Waals surface area contributed by atoms with Crippen molar-refractivity contribution in [3.8, 4) is 0 Å². The molecule has 0 saturated heterocycles. The molecule has 2 nitrogen and oxygen atoms in total. The standard InChI is InChI=1S/C16H16BrN2/c17-7-1-2-9-19-10-6-14-4-3-13-5-8-18-11-15(13)16(14)12-19/h3-6,8,10-12H,1-2,7,9H2/q+1. The first-order valence-electron chi connectivity index (χ1n) is 6.60. The lowest BCUT2D eigenvalue weighted by Crippen LogP contribution is -2.32. The summed E-state index contributed by atoms with van der Waals surface area (Å²) in [4.78, 5) is 4.25. The van der Waals surface area contributed by atoms with E-state index in [-0.39, 0.29) is 0 Å². The van der Waals surface area contributed by atoms with Crippen molar-refractivity contribution in [2.45, 2.75) is 19.4 Å². The molecule has 0 radical (unpaired) electrons. The summed E-state index contributed by atoms with van der Waals surface area (Å²) in [6.45, 7) is 1.07. The molecule has 0 amide bonds. The number of aromatic nitrogens is 2. The van der Waals surface area contributed by atoms with Crippen LogP contribution in [-0.4, -0.2) is 10.3 Å². The third-order valence-electron chi connectivity index (χ3n) is 3.44. The van der Waals surface area contributed by atoms with Gasteiger partial charge in [-0.05, 0) is 23.3 Å². The van der Waals surface area contributed by atoms with E-state index in [9.17, 15) is 0 Å². The number of alkyl halides is 1. The molecule has 0 aliphatic carbocycles. The number of pyridine rings is 2. The second kappa shape index (κ2) is 5.66. The lowest BCUT2D eigenvalue weighted by atomic mass is 10.1. The Morgan fingerprint density at radius 3 is 2.68 bits per heavy atom. The topological polar surface area (TPSA) is 16.8 Å². The van der Waals surface area contributed by atoms with Gasteiger partial charge in [0.1, 0.15) is 6.54 Å². The van der Waals surface area contributed by atoms with E-state index in [0.717, 1.165) is 11.9 Å². The number of hydrogen-bond acceptors (Lipinski definition) is 1. The molecule has 0 bridgehead atoms. The summed E-state index contributed by atoms with van der Waals surface area (Å²) in [7, 11) is 0. The fourth-order valence-corrected chi connectivity index (χ4v) is 2.80. The van der Waals surface area contributed by atoms with Crippen LogP contribution in [0.25, 0.3) is 21.5 Å². The summed E-state index contributed by atoms with van der Waals surface area (Å²) in [6.07, 6.45) is 10.6. The Kier molecular flexibility index (Phi) is 3.74. The Hall–Kier alpha value is -1.48. The van der Waals surface area contributed by atoms with Crippen LogP contribution >= 0.6 is 15.9 Å². The molecule has 3 aromatic rings. The summed E-state index contributed by atoms with van der Waals surface area (Å²) < 4.78 is 2.28. The average Bonchev–Trinajstić information content (AvgIpc) is 2.47. The number of fused-ring (bicyclic) bond motifs is 3. The number of halogens is 1. The van der Waals surface area contributed by atoms with Gasteiger partial charge in [0, 0.05) is 35.6 Å². The van der Waals surface area contributed by atoms with E-state index in [1.54, 1.807) is 0 Å². The molecule has 96 valence electrons. The minimum atomic E-state index is 1.07. The van der Waals surface area contributed by atoms with Crippen LogP contribution < -0.4 is 4.57 Å². The van der Waals surface area contributed by atoms with E-state index < -0.39 is 0 Å². The van der Waals surface area contributed by atoms with Crippen LogP contribution in [0.2, 0.25) is 0 Å². The summed E-state index contributed by atoms with van der Waals surface area (Å²) in [5.74, 6) is 0. The van der Waals surface area contributed by atoms with Gasteiger partial charge in [0.15, 0.2) is 12.4 Å². The summed E-state index contributed by atoms with van der Waals surface area (Å²) in [5.41, 5.74) is 0. The van der Waals surface area contributed by atoms with Crippen LogP contribution in [0.5, 0.6) is 0 Å². The van der Waals surface area contributed by atoms with E-state index >= 15 is 0 Å². The maximum atomic E-state index is 4.25. The summed E-state index contributed by atoms with van der Waals surface area (Å²) in [6, 6.07) is 8.60. The molecule has 0 atom stereocenters. The van der Waals surface area contributed by atoms with Crippen LogP contribution in [-0.2, 0) is 6.54 Å². The van der Waals surface area contributed by atoms with Gasteiger partial charge in [0.05, 0.1) is 5.39 Å². The fraction of sp³-hybridized carbons (Fsp3) is 0.250. The molecule has 0 unspecified atom stereocenters. The van der Waals surface area contributed by atoms with Crippen molar-refractivity contribution in [1.29, 1.82) is 0 Å². The smallest absolute Gasteiger partial charge is 0.177 e. The Morgan fingerprint density at radius 2 is 1.84 bits per heavy atom. The van der Waals surface area contributed by atoms with Crippen molar-refractivity contribution in [3.63, 3.8) is 0 Å². The number of nitrogens with zero attached hydrogens (tertiary/aromatic N) is 2. The van der Waals surface area contributed by atoms with E-state index in [4.69, 9.17) is 0 Å². The van der Waals surface area contributed by atoms with Crippen molar-refractivity contribution in [1.82, 2.24) is 4.98 Å². The highest BCUT2D eigenvalue weighted by atomic mass is 79.9. The van der Waals surface area contributed by atoms with Crippen molar-refractivity contribution >= 4 is 37.5 Å². The monoisotopic (exact) mass is 315 g/mol. The average molecular weight is 316 g/mol. The van der Waals surface area contributed by atoms with Crippen LogP contribution in [0.3, 0.4) is 0 Å². The second-order valence-electron chi connectivity index (χ2n) is 4.74. The van der Waals surface area contributed by atoms with Gasteiger partial charge in [-0.2, -0.15) is 0 Å². The van der Waals surface area contributed by atoms with Gasteiger partial charge in [0.2, 0.25) is 0 Å². The zero-order chi connectivity index (χ0) is 13.1. The fourth-order valence-electron chi connectivity index (χ4n) is 2.40. The second-order valence-corrected chi connectivity index (χ2v) is 5.54. The number of hydrogen-bond donors (Lipinski definition) is 0. The molecule has 2 heterocycles. The maximum absolute atomic E-state index is 4.25. The molecule has 0 N–H and O–H groups in total. The Labute approximate surface area is 121 Å². The Balaban J connectivity index is 2.07. The lowest BCUT2D eigenvalue weighted by molar-refractivity contribution is -0.696. The SMILES string of the molecule is BrCCCC[n+]1ccc2ccc3ccncc3c2c1. The van der Waals surface area contributed by atoms with Crippen molar-refractivity contribution in [2.75, 3.05) is 5.33 Å². The van der Waals surface area contributed by atoms with E-state index in [1.807, 2.05) is 12.4 Å². The molecule has 0 aliphatic rings. The molecule has 19 heavy (non-hydrogen) atoms. The molecule has 0 aliphatic heterocycles. The van der Waals surface area contributed by atoms with Crippen molar-refractivity contribution < 1.29 is 4.57 Å². The number of unbranched alkanes of at least 4 members (excludes halogenated alkanes) is 1. The molecular weight excluding hydrogens is 300 g/mol. The Bertz CT molecular complexity index is 709. The molecule has 0 saturated carbocycles. The van der Waals surface area contributed by atoms with Gasteiger partial charge in [0.25, 0.3) is 0 Å². The third kappa shape index (κ3) is 2.61. The maximum Gasteiger partial charge on any atom is 0.177 e. The zero-order valence-electron chi connectivity index (χ0n) is 10.7. The lowest BCUT2D eigenvalue weighted by Gasteiger charge is -2.03. The molecule has 0 spiro atoms. The highest BCUT2D eigenvalue weighted by Gasteiger charge is 2.06. The molecule has 0 fully saturated rings. The summed E-state index contributed by atoms with van der Waals surface area (Å²) in [5, 5.41) is 6.12. The highest BCUT2D eigenvalue weighted by Crippen LogP contribution is 2.22. The van der Waals surface area contributed by atoms with Gasteiger partial charge >= 0.3 is 0 Å². The molecule has 3 heteroatoms. The Morgan fingerprint density at radius 1 is 1.00 bits per heavy atom. The van der Waals surface area contributed by atoms with Gasteiger partial charge in [-0.15, -0.1) is 0 Å². The predicted molar refractivity (Wildman–Crippen MR) is 82.5 cm³/mol. The van der Waals surface area contributed by atoms with Crippen LogP contribution in [0.4, 0.5) is 0 Å². The summed E-state index contributed by atoms with van der Waals surface area (Å²) >= 11 is 3.48. The molecule has 1 aromatic carbocycles. The van der Waals surface area contributed by atoms with Crippen LogP contribution in [0, 0.1) is 0 Å². The van der Waals surface area contributed by atoms with Crippen LogP contribution in [0.15, 0.2) is 49.1 Å². The van der Waals surface area contributed by atoms with E-state index in [0.29, 0.717) is 0 Å². The largest absolute Gasteiger partial charge is 0.264 e. The van der Waals surface area contributed by atoms with Crippen molar-refractivity contribution in [2.24, 2.45) is 0 Å². The van der Waals surface area contributed by atoms with E-state index in [2.05, 4.69) is 62.1 Å². The third-order valence-corrected chi connectivity index (χ3v) is 4.00. The minimum absolute atomic E-state index is 1.07. The van der Waals surface area contributed by atoms with Gasteiger partial charge in [-0.1, -0.05) is 28.1 Å². The van der Waals surface area contributed by atoms with Gasteiger partial charge < -0.3 is 0 Å². The molecular formula is C16H16BrN2+. The molecule has 3 rings (SSSR count). The molecule has 2 aromatic heterocycles. The van der Waals surface area contributed by atoms with Crippen LogP contribution in [0.1, 0.15) is 12.8 Å². The highest BCUT2D eigenvalue weighted by molar-refractivity contribution is 9.09. The van der Waals surface area contributed by atoms with Gasteiger partial charge in [-0.25, -0.2) is 4.57 Å². The quantitative estimate of drug-likeness (QED) is 0.309. The number of benzene rings is 1. The first-order valence-corrected chi connectivity index (χ1v) is 7.72. The zero-order valence-corrected chi connectivity index (χ0v) is 12.3. The first kappa shape index (κ1) is 12.5. The minimum Gasteiger partial charge on any atom is -0.264 e. The van der Waals surface area contributed by atoms with Crippen molar-refractivity contribution in [3.05, 3.63) is 49.1 Å². The number of aryl methyl sites for hydroxylation is 1. The van der Waals surface area contributed by atoms with E-state index in [1.165, 1.54) is 34.4 Å². The number of rotatable bonds is 4. The predicted octanol–water partition coefficient (Wildman–Crippen LogP) is 3.85. The first-order chi connectivity index (χ1) is 9.38. The normalized spacial score (nSPS) is 11.2. The van der Waals surface area contributed by atoms with Gasteiger partial charge in [-0.3, -0.25) is 4.98 Å².